The van der Waals surface area contributed by atoms with E-state index < -0.39 is 0 Å². The Balaban J connectivity index is 1.76. The molecule has 2 rings (SSSR count). The van der Waals surface area contributed by atoms with Gasteiger partial charge in [0, 0.05) is 12.2 Å². The minimum absolute atomic E-state index is 0.631. The van der Waals surface area contributed by atoms with E-state index in [-0.39, 0.29) is 0 Å². The molecule has 4 heteroatoms. The maximum atomic E-state index is 5.71. The van der Waals surface area contributed by atoms with Crippen molar-refractivity contribution in [3.63, 3.8) is 0 Å². The summed E-state index contributed by atoms with van der Waals surface area (Å²) in [5.74, 6) is 1.79. The number of hydrogen-bond donors (Lipinski definition) is 1. The van der Waals surface area contributed by atoms with E-state index in [0.717, 1.165) is 27.3 Å². The predicted octanol–water partition coefficient (Wildman–Crippen LogP) is 3.79. The maximum absolute atomic E-state index is 5.71. The number of para-hydroxylation sites is 1. The summed E-state index contributed by atoms with van der Waals surface area (Å²) in [6.07, 6.45) is 0. The summed E-state index contributed by atoms with van der Waals surface area (Å²) in [6.45, 7) is 1.39. The molecule has 0 amide bonds. The first-order valence-corrected chi connectivity index (χ1v) is 7.13. The van der Waals surface area contributed by atoms with Crippen molar-refractivity contribution in [3.05, 3.63) is 52.1 Å². The lowest BCUT2D eigenvalue weighted by Gasteiger charge is -2.10. The zero-order valence-corrected chi connectivity index (χ0v) is 12.9. The van der Waals surface area contributed by atoms with Crippen molar-refractivity contribution in [2.45, 2.75) is 0 Å². The van der Waals surface area contributed by atoms with E-state index in [1.165, 1.54) is 0 Å². The van der Waals surface area contributed by atoms with Gasteiger partial charge in [-0.25, -0.2) is 0 Å². The average molecular weight is 369 g/mol. The van der Waals surface area contributed by atoms with E-state index in [1.54, 1.807) is 7.11 Å². The molecular weight excluding hydrogens is 353 g/mol. The number of anilines is 1. The number of benzene rings is 2. The Morgan fingerprint density at radius 2 is 1.79 bits per heavy atom. The molecule has 0 unspecified atom stereocenters. The summed E-state index contributed by atoms with van der Waals surface area (Å²) in [6, 6.07) is 15.9. The van der Waals surface area contributed by atoms with Crippen molar-refractivity contribution in [3.8, 4) is 11.5 Å². The number of halogens is 1. The molecule has 0 saturated carbocycles. The summed E-state index contributed by atoms with van der Waals surface area (Å²) in [5, 5.41) is 3.30. The maximum Gasteiger partial charge on any atom is 0.132 e. The highest BCUT2D eigenvalue weighted by Crippen LogP contribution is 2.19. The van der Waals surface area contributed by atoms with Crippen LogP contribution in [0.25, 0.3) is 0 Å². The van der Waals surface area contributed by atoms with Gasteiger partial charge in [0.25, 0.3) is 0 Å². The fourth-order valence-electron chi connectivity index (χ4n) is 1.63. The van der Waals surface area contributed by atoms with Crippen LogP contribution >= 0.6 is 22.6 Å². The average Bonchev–Trinajstić information content (AvgIpc) is 2.46. The van der Waals surface area contributed by atoms with Crippen LogP contribution in [0.4, 0.5) is 5.69 Å². The van der Waals surface area contributed by atoms with E-state index in [2.05, 4.69) is 27.9 Å². The Kier molecular flexibility index (Phi) is 5.32. The molecular formula is C15H16INO2. The standard InChI is InChI=1S/C15H16INO2/c1-18-13-8-6-12(7-9-13)17-10-11-19-15-5-3-2-4-14(15)16/h2-9,17H,10-11H2,1H3. The van der Waals surface area contributed by atoms with Crippen molar-refractivity contribution in [1.29, 1.82) is 0 Å². The monoisotopic (exact) mass is 369 g/mol. The number of ether oxygens (including phenoxy) is 2. The Morgan fingerprint density at radius 3 is 2.47 bits per heavy atom. The van der Waals surface area contributed by atoms with Crippen LogP contribution in [0.3, 0.4) is 0 Å². The first kappa shape index (κ1) is 14.0. The van der Waals surface area contributed by atoms with Crippen LogP contribution < -0.4 is 14.8 Å². The highest BCUT2D eigenvalue weighted by atomic mass is 127. The van der Waals surface area contributed by atoms with Crippen LogP contribution in [-0.2, 0) is 0 Å². The third-order valence-corrected chi connectivity index (χ3v) is 3.51. The molecule has 0 aromatic heterocycles. The van der Waals surface area contributed by atoms with Gasteiger partial charge in [-0.2, -0.15) is 0 Å². The summed E-state index contributed by atoms with van der Waals surface area (Å²) >= 11 is 2.27. The minimum Gasteiger partial charge on any atom is -0.497 e. The molecule has 0 bridgehead atoms. The molecule has 2 aromatic carbocycles. The van der Waals surface area contributed by atoms with E-state index >= 15 is 0 Å². The molecule has 1 N–H and O–H groups in total. The summed E-state index contributed by atoms with van der Waals surface area (Å²) in [7, 11) is 1.66. The molecule has 100 valence electrons. The molecule has 3 nitrogen and oxygen atoms in total. The quantitative estimate of drug-likeness (QED) is 0.621. The second-order valence-corrected chi connectivity index (χ2v) is 5.10. The Morgan fingerprint density at radius 1 is 1.05 bits per heavy atom. The SMILES string of the molecule is COc1ccc(NCCOc2ccccc2I)cc1. The smallest absolute Gasteiger partial charge is 0.132 e. The highest BCUT2D eigenvalue weighted by molar-refractivity contribution is 14.1. The third kappa shape index (κ3) is 4.31. The van der Waals surface area contributed by atoms with Gasteiger partial charge in [0.15, 0.2) is 0 Å². The Bertz CT molecular complexity index is 514. The summed E-state index contributed by atoms with van der Waals surface area (Å²) in [4.78, 5) is 0. The van der Waals surface area contributed by atoms with E-state index in [1.807, 2.05) is 48.5 Å². The van der Waals surface area contributed by atoms with Gasteiger partial charge in [-0.15, -0.1) is 0 Å². The fourth-order valence-corrected chi connectivity index (χ4v) is 2.17. The fraction of sp³-hybridized carbons (Fsp3) is 0.200. The van der Waals surface area contributed by atoms with Gasteiger partial charge in [-0.1, -0.05) is 12.1 Å². The van der Waals surface area contributed by atoms with Crippen molar-refractivity contribution in [2.24, 2.45) is 0 Å². The van der Waals surface area contributed by atoms with Gasteiger partial charge >= 0.3 is 0 Å². The Labute approximate surface area is 127 Å². The molecule has 0 aliphatic heterocycles. The molecule has 0 heterocycles. The molecule has 0 saturated heterocycles. The molecule has 0 spiro atoms. The molecule has 2 aromatic rings. The topological polar surface area (TPSA) is 30.5 Å². The van der Waals surface area contributed by atoms with Crippen molar-refractivity contribution >= 4 is 28.3 Å². The number of methoxy groups -OCH3 is 1. The largest absolute Gasteiger partial charge is 0.497 e. The van der Waals surface area contributed by atoms with Crippen molar-refractivity contribution in [1.82, 2.24) is 0 Å². The lowest BCUT2D eigenvalue weighted by Crippen LogP contribution is -2.11. The van der Waals surface area contributed by atoms with Gasteiger partial charge in [0.05, 0.1) is 10.7 Å². The summed E-state index contributed by atoms with van der Waals surface area (Å²) < 4.78 is 12.0. The predicted molar refractivity (Wildman–Crippen MR) is 86.1 cm³/mol. The molecule has 0 aliphatic rings. The number of nitrogens with one attached hydrogen (secondary N) is 1. The van der Waals surface area contributed by atoms with Gasteiger partial charge in [-0.05, 0) is 59.0 Å². The van der Waals surface area contributed by atoms with Crippen LogP contribution in [0.5, 0.6) is 11.5 Å². The third-order valence-electron chi connectivity index (χ3n) is 2.62. The molecule has 0 atom stereocenters. The molecule has 0 fully saturated rings. The van der Waals surface area contributed by atoms with Crippen molar-refractivity contribution in [2.75, 3.05) is 25.6 Å². The normalized spacial score (nSPS) is 10.0. The number of rotatable bonds is 6. The van der Waals surface area contributed by atoms with Crippen molar-refractivity contribution < 1.29 is 9.47 Å². The summed E-state index contributed by atoms with van der Waals surface area (Å²) in [5.41, 5.74) is 1.06. The molecule has 19 heavy (non-hydrogen) atoms. The number of hydrogen-bond acceptors (Lipinski definition) is 3. The second kappa shape index (κ2) is 7.23. The van der Waals surface area contributed by atoms with Gasteiger partial charge in [0.2, 0.25) is 0 Å². The van der Waals surface area contributed by atoms with E-state index in [9.17, 15) is 0 Å². The molecule has 0 radical (unpaired) electrons. The Hall–Kier alpha value is -1.43. The van der Waals surface area contributed by atoms with Gasteiger partial charge < -0.3 is 14.8 Å². The van der Waals surface area contributed by atoms with E-state index in [0.29, 0.717) is 6.61 Å². The van der Waals surface area contributed by atoms with Crippen LogP contribution in [0.1, 0.15) is 0 Å². The van der Waals surface area contributed by atoms with Crippen LogP contribution in [-0.4, -0.2) is 20.3 Å². The van der Waals surface area contributed by atoms with Crippen LogP contribution in [0, 0.1) is 3.57 Å². The first-order chi connectivity index (χ1) is 9.29. The van der Waals surface area contributed by atoms with Crippen LogP contribution in [0.2, 0.25) is 0 Å². The minimum atomic E-state index is 0.631. The lowest BCUT2D eigenvalue weighted by molar-refractivity contribution is 0.330. The zero-order valence-electron chi connectivity index (χ0n) is 10.7. The highest BCUT2D eigenvalue weighted by Gasteiger charge is 1.98. The van der Waals surface area contributed by atoms with Gasteiger partial charge in [0.1, 0.15) is 18.1 Å². The van der Waals surface area contributed by atoms with Crippen LogP contribution in [0.15, 0.2) is 48.5 Å². The lowest BCUT2D eigenvalue weighted by atomic mass is 10.3. The zero-order chi connectivity index (χ0) is 13.5. The first-order valence-electron chi connectivity index (χ1n) is 6.05. The van der Waals surface area contributed by atoms with Gasteiger partial charge in [-0.3, -0.25) is 0 Å². The second-order valence-electron chi connectivity index (χ2n) is 3.93. The molecule has 0 aliphatic carbocycles. The van der Waals surface area contributed by atoms with E-state index in [4.69, 9.17) is 9.47 Å².